The number of nitrogens with one attached hydrogen (secondary N) is 1. The molecule has 0 saturated carbocycles. The lowest BCUT2D eigenvalue weighted by Crippen LogP contribution is -2.43. The van der Waals surface area contributed by atoms with Crippen LogP contribution in [0.4, 0.5) is 13.2 Å². The highest BCUT2D eigenvalue weighted by Gasteiger charge is 2.27. The first-order chi connectivity index (χ1) is 17.9. The van der Waals surface area contributed by atoms with Crippen molar-refractivity contribution in [3.8, 4) is 5.75 Å². The van der Waals surface area contributed by atoms with Crippen LogP contribution in [0.3, 0.4) is 0 Å². The second kappa shape index (κ2) is 14.6. The molecule has 0 radical (unpaired) electrons. The van der Waals surface area contributed by atoms with Gasteiger partial charge in [-0.3, -0.25) is 4.79 Å². The molecule has 0 atom stereocenters. The molecule has 5 nitrogen and oxygen atoms in total. The van der Waals surface area contributed by atoms with Crippen molar-refractivity contribution >= 4 is 17.4 Å². The summed E-state index contributed by atoms with van der Waals surface area (Å²) >= 11 is 0. The number of unbranched alkanes of at least 4 members (excludes halogenated alkanes) is 1. The highest BCUT2D eigenvalue weighted by Crippen LogP contribution is 2.27. The van der Waals surface area contributed by atoms with Crippen molar-refractivity contribution in [2.45, 2.75) is 77.4 Å². The number of carbonyl (C=O) groups excluding carboxylic acids is 1. The Bertz CT molecular complexity index is 1050. The summed E-state index contributed by atoms with van der Waals surface area (Å²) < 4.78 is 38.5. The van der Waals surface area contributed by atoms with Gasteiger partial charge >= 0.3 is 6.18 Å². The maximum absolute atomic E-state index is 12.8. The van der Waals surface area contributed by atoms with E-state index in [9.17, 15) is 23.1 Å². The van der Waals surface area contributed by atoms with Gasteiger partial charge in [-0.15, -0.1) is 0 Å². The Morgan fingerprint density at radius 1 is 1.18 bits per heavy atom. The minimum absolute atomic E-state index is 0.0709. The highest BCUT2D eigenvalue weighted by molar-refractivity contribution is 5.90. The summed E-state index contributed by atoms with van der Waals surface area (Å²) in [6.45, 7) is 10.7. The molecule has 0 aromatic heterocycles. The van der Waals surface area contributed by atoms with Crippen LogP contribution in [-0.2, 0) is 4.79 Å². The molecule has 208 valence electrons. The van der Waals surface area contributed by atoms with Crippen LogP contribution in [0.5, 0.6) is 5.75 Å². The van der Waals surface area contributed by atoms with E-state index in [0.717, 1.165) is 30.4 Å². The number of amides is 1. The van der Waals surface area contributed by atoms with E-state index in [1.54, 1.807) is 36.4 Å². The number of halogens is 3. The molecule has 1 aliphatic rings. The van der Waals surface area contributed by atoms with Crippen LogP contribution in [0.15, 0.2) is 71.8 Å². The summed E-state index contributed by atoms with van der Waals surface area (Å²) in [4.78, 5) is 19.3. The standard InChI is InChI=1S/C30H40F3N3O2/c1-5-7-10-23(12-17-28(38)35-29(3,4)19-8-6-2)22-36-21-18-26(24-13-15-25(37)16-14-24)34-27(36)11-9-20-30(31,32)33/h5,7,10,12-16,18,37H,1,6,8-9,11,17,19-22H2,2-4H3,(H,35,38)/b10-7-,23-12+. The summed E-state index contributed by atoms with van der Waals surface area (Å²) in [7, 11) is 0. The van der Waals surface area contributed by atoms with Gasteiger partial charge in [-0.2, -0.15) is 13.2 Å². The van der Waals surface area contributed by atoms with Crippen LogP contribution < -0.4 is 5.32 Å². The van der Waals surface area contributed by atoms with Gasteiger partial charge in [0.1, 0.15) is 11.6 Å². The Labute approximate surface area is 224 Å². The van der Waals surface area contributed by atoms with Gasteiger partial charge in [0, 0.05) is 43.5 Å². The average Bonchev–Trinajstić information content (AvgIpc) is 2.84. The number of phenolic OH excluding ortho intramolecular Hbond substituents is 1. The number of nitrogens with zero attached hydrogens (tertiary/aromatic N) is 2. The summed E-state index contributed by atoms with van der Waals surface area (Å²) in [6.07, 6.45) is 7.18. The fourth-order valence-electron chi connectivity index (χ4n) is 4.12. The molecule has 1 aromatic rings. The van der Waals surface area contributed by atoms with E-state index in [0.29, 0.717) is 24.6 Å². The van der Waals surface area contributed by atoms with Crippen LogP contribution in [0.2, 0.25) is 0 Å². The van der Waals surface area contributed by atoms with Gasteiger partial charge < -0.3 is 15.3 Å². The lowest BCUT2D eigenvalue weighted by atomic mass is 9.97. The van der Waals surface area contributed by atoms with Crippen LogP contribution in [0.25, 0.3) is 5.70 Å². The third-order valence-corrected chi connectivity index (χ3v) is 6.15. The Balaban J connectivity index is 2.20. The van der Waals surface area contributed by atoms with Crippen LogP contribution >= 0.6 is 0 Å². The number of allylic oxidation sites excluding steroid dienone is 2. The number of hydrogen-bond donors (Lipinski definition) is 2. The topological polar surface area (TPSA) is 64.9 Å². The Hall–Kier alpha value is -3.29. The first-order valence-corrected chi connectivity index (χ1v) is 13.1. The zero-order valence-corrected chi connectivity index (χ0v) is 22.7. The second-order valence-corrected chi connectivity index (χ2v) is 10.1. The molecule has 2 rings (SSSR count). The number of aliphatic imine (C=N–C) groups is 1. The molecule has 38 heavy (non-hydrogen) atoms. The van der Waals surface area contributed by atoms with Crippen molar-refractivity contribution in [3.63, 3.8) is 0 Å². The Morgan fingerprint density at radius 3 is 2.53 bits per heavy atom. The molecular weight excluding hydrogens is 491 g/mol. The number of hydrogen-bond acceptors (Lipinski definition) is 4. The fourth-order valence-corrected chi connectivity index (χ4v) is 4.12. The highest BCUT2D eigenvalue weighted by atomic mass is 19.4. The maximum Gasteiger partial charge on any atom is 0.389 e. The zero-order chi connectivity index (χ0) is 28.2. The van der Waals surface area contributed by atoms with Gasteiger partial charge in [0.15, 0.2) is 0 Å². The normalized spacial score (nSPS) is 14.9. The van der Waals surface area contributed by atoms with Crippen molar-refractivity contribution in [1.29, 1.82) is 0 Å². The monoisotopic (exact) mass is 531 g/mol. The summed E-state index contributed by atoms with van der Waals surface area (Å²) in [5.41, 5.74) is 1.99. The molecule has 0 saturated heterocycles. The quantitative estimate of drug-likeness (QED) is 0.247. The van der Waals surface area contributed by atoms with E-state index < -0.39 is 12.6 Å². The lowest BCUT2D eigenvalue weighted by molar-refractivity contribution is -0.135. The molecule has 0 bridgehead atoms. The molecule has 0 spiro atoms. The van der Waals surface area contributed by atoms with Crippen molar-refractivity contribution in [2.75, 3.05) is 13.1 Å². The van der Waals surface area contributed by atoms with Crippen molar-refractivity contribution in [3.05, 3.63) is 72.4 Å². The molecule has 1 aliphatic heterocycles. The van der Waals surface area contributed by atoms with Crippen molar-refractivity contribution < 1.29 is 23.1 Å². The maximum atomic E-state index is 12.8. The Morgan fingerprint density at radius 2 is 1.89 bits per heavy atom. The number of aromatic hydroxyl groups is 1. The smallest absolute Gasteiger partial charge is 0.389 e. The van der Waals surface area contributed by atoms with Crippen LogP contribution in [-0.4, -0.2) is 46.6 Å². The molecule has 1 aromatic carbocycles. The molecule has 1 heterocycles. The predicted octanol–water partition coefficient (Wildman–Crippen LogP) is 7.32. The summed E-state index contributed by atoms with van der Waals surface area (Å²) in [5.74, 6) is 0.605. The molecular formula is C30H40F3N3O2. The van der Waals surface area contributed by atoms with E-state index >= 15 is 0 Å². The van der Waals surface area contributed by atoms with Crippen molar-refractivity contribution in [1.82, 2.24) is 10.2 Å². The average molecular weight is 532 g/mol. The number of rotatable bonds is 14. The molecule has 0 aliphatic carbocycles. The van der Waals surface area contributed by atoms with Gasteiger partial charge in [-0.05, 0) is 62.6 Å². The van der Waals surface area contributed by atoms with Gasteiger partial charge in [0.25, 0.3) is 0 Å². The number of amidine groups is 1. The zero-order valence-electron chi connectivity index (χ0n) is 22.7. The molecule has 2 N–H and O–H groups in total. The number of benzene rings is 1. The number of alkyl halides is 3. The summed E-state index contributed by atoms with van der Waals surface area (Å²) in [6, 6.07) is 6.56. The molecule has 1 amide bonds. The lowest BCUT2D eigenvalue weighted by Gasteiger charge is -2.30. The van der Waals surface area contributed by atoms with Crippen LogP contribution in [0.1, 0.15) is 71.3 Å². The minimum atomic E-state index is -4.23. The van der Waals surface area contributed by atoms with E-state index in [1.165, 1.54) is 0 Å². The van der Waals surface area contributed by atoms with Gasteiger partial charge in [-0.1, -0.05) is 50.6 Å². The molecule has 0 unspecified atom stereocenters. The minimum Gasteiger partial charge on any atom is -0.508 e. The first kappa shape index (κ1) is 30.9. The third-order valence-electron chi connectivity index (χ3n) is 6.15. The Kier molecular flexibility index (Phi) is 11.9. The largest absolute Gasteiger partial charge is 0.508 e. The van der Waals surface area contributed by atoms with E-state index in [2.05, 4.69) is 18.8 Å². The van der Waals surface area contributed by atoms with Gasteiger partial charge in [0.05, 0.1) is 5.70 Å². The second-order valence-electron chi connectivity index (χ2n) is 10.1. The van der Waals surface area contributed by atoms with E-state index in [1.807, 2.05) is 37.0 Å². The van der Waals surface area contributed by atoms with E-state index in [4.69, 9.17) is 4.99 Å². The fraction of sp³-hybridized carbons (Fsp3) is 0.467. The molecule has 0 fully saturated rings. The van der Waals surface area contributed by atoms with Gasteiger partial charge in [-0.25, -0.2) is 4.99 Å². The van der Waals surface area contributed by atoms with Gasteiger partial charge in [0.2, 0.25) is 5.91 Å². The first-order valence-electron chi connectivity index (χ1n) is 13.1. The number of phenols is 1. The summed E-state index contributed by atoms with van der Waals surface area (Å²) in [5, 5.41) is 12.7. The number of carbonyl (C=O) groups is 1. The predicted molar refractivity (Wildman–Crippen MR) is 149 cm³/mol. The third kappa shape index (κ3) is 11.4. The van der Waals surface area contributed by atoms with Crippen LogP contribution in [0, 0.1) is 0 Å². The van der Waals surface area contributed by atoms with E-state index in [-0.39, 0.29) is 36.5 Å². The SMILES string of the molecule is C=C/C=C\C(=C/CC(=O)NC(C)(C)CCCC)CN1CC=C(c2ccc(O)cc2)N=C1CCCC(F)(F)F. The molecule has 8 heteroatoms. The van der Waals surface area contributed by atoms with Crippen molar-refractivity contribution in [2.24, 2.45) is 4.99 Å².